The number of nitrogens with zero attached hydrogens (tertiary/aromatic N) is 2. The summed E-state index contributed by atoms with van der Waals surface area (Å²) in [6.45, 7) is 1.51. The molecule has 0 atom stereocenters. The summed E-state index contributed by atoms with van der Waals surface area (Å²) in [5, 5.41) is 0. The highest BCUT2D eigenvalue weighted by Gasteiger charge is 2.39. The quantitative estimate of drug-likeness (QED) is 0.818. The van der Waals surface area contributed by atoms with E-state index in [9.17, 15) is 4.39 Å². The van der Waals surface area contributed by atoms with Crippen molar-refractivity contribution in [1.29, 1.82) is 0 Å². The maximum absolute atomic E-state index is 14.4. The van der Waals surface area contributed by atoms with Crippen LogP contribution in [-0.2, 0) is 6.54 Å². The van der Waals surface area contributed by atoms with Crippen molar-refractivity contribution in [2.24, 2.45) is 5.73 Å². The van der Waals surface area contributed by atoms with Gasteiger partial charge in [0.15, 0.2) is 0 Å². The van der Waals surface area contributed by atoms with Gasteiger partial charge in [-0.3, -0.25) is 0 Å². The van der Waals surface area contributed by atoms with E-state index < -0.39 is 0 Å². The van der Waals surface area contributed by atoms with Crippen LogP contribution in [0.4, 0.5) is 4.39 Å². The molecule has 5 heteroatoms. The lowest BCUT2D eigenvalue weighted by Crippen LogP contribution is -2.56. The van der Waals surface area contributed by atoms with E-state index in [0.29, 0.717) is 17.7 Å². The number of hydrogen-bond donors (Lipinski definition) is 1. The van der Waals surface area contributed by atoms with Crippen molar-refractivity contribution in [1.82, 2.24) is 9.80 Å². The zero-order chi connectivity index (χ0) is 15.6. The van der Waals surface area contributed by atoms with Gasteiger partial charge in [-0.25, -0.2) is 4.39 Å². The normalized spacial score (nSPS) is 17.0. The minimum Gasteiger partial charge on any atom is -0.389 e. The molecular formula is C16H24FN3S. The van der Waals surface area contributed by atoms with Gasteiger partial charge >= 0.3 is 0 Å². The van der Waals surface area contributed by atoms with E-state index in [-0.39, 0.29) is 16.3 Å². The second-order valence-electron chi connectivity index (χ2n) is 6.29. The first-order valence-electron chi connectivity index (χ1n) is 7.29. The number of halogens is 1. The number of likely N-dealkylation sites (N-methyl/N-ethyl adjacent to an activating group) is 2. The van der Waals surface area contributed by atoms with Gasteiger partial charge in [-0.2, -0.15) is 0 Å². The van der Waals surface area contributed by atoms with Gasteiger partial charge in [0.1, 0.15) is 10.8 Å². The van der Waals surface area contributed by atoms with Gasteiger partial charge in [0.25, 0.3) is 0 Å². The summed E-state index contributed by atoms with van der Waals surface area (Å²) in [5.74, 6) is -0.288. The molecule has 21 heavy (non-hydrogen) atoms. The monoisotopic (exact) mass is 309 g/mol. The molecule has 1 aliphatic rings. The average Bonchev–Trinajstić information content (AvgIpc) is 2.35. The van der Waals surface area contributed by atoms with Crippen molar-refractivity contribution in [3.05, 3.63) is 35.1 Å². The molecule has 1 aromatic carbocycles. The average molecular weight is 309 g/mol. The van der Waals surface area contributed by atoms with E-state index in [1.165, 1.54) is 19.3 Å². The first-order valence-corrected chi connectivity index (χ1v) is 7.70. The molecule has 1 aliphatic carbocycles. The summed E-state index contributed by atoms with van der Waals surface area (Å²) >= 11 is 4.89. The smallest absolute Gasteiger partial charge is 0.137 e. The van der Waals surface area contributed by atoms with Gasteiger partial charge in [0.2, 0.25) is 0 Å². The second kappa shape index (κ2) is 6.38. The molecule has 3 nitrogen and oxygen atoms in total. The minimum absolute atomic E-state index is 0.112. The predicted octanol–water partition coefficient (Wildman–Crippen LogP) is 2.38. The highest BCUT2D eigenvalue weighted by molar-refractivity contribution is 7.80. The molecule has 116 valence electrons. The molecule has 0 amide bonds. The molecule has 1 fully saturated rings. The topological polar surface area (TPSA) is 32.5 Å². The van der Waals surface area contributed by atoms with Gasteiger partial charge in [-0.15, -0.1) is 0 Å². The molecule has 0 spiro atoms. The van der Waals surface area contributed by atoms with E-state index in [0.717, 1.165) is 6.54 Å². The van der Waals surface area contributed by atoms with Gasteiger partial charge < -0.3 is 15.5 Å². The van der Waals surface area contributed by atoms with Crippen LogP contribution in [0.15, 0.2) is 18.2 Å². The summed E-state index contributed by atoms with van der Waals surface area (Å²) in [5.41, 5.74) is 6.78. The highest BCUT2D eigenvalue weighted by atomic mass is 32.1. The van der Waals surface area contributed by atoms with E-state index >= 15 is 0 Å². The zero-order valence-electron chi connectivity index (χ0n) is 13.0. The Morgan fingerprint density at radius 3 is 2.48 bits per heavy atom. The van der Waals surface area contributed by atoms with Crippen LogP contribution in [-0.4, -0.2) is 48.0 Å². The van der Waals surface area contributed by atoms with Crippen molar-refractivity contribution >= 4 is 17.2 Å². The predicted molar refractivity (Wildman–Crippen MR) is 88.9 cm³/mol. The Morgan fingerprint density at radius 1 is 1.33 bits per heavy atom. The van der Waals surface area contributed by atoms with Crippen LogP contribution in [0.1, 0.15) is 30.4 Å². The van der Waals surface area contributed by atoms with E-state index in [4.69, 9.17) is 18.0 Å². The van der Waals surface area contributed by atoms with Gasteiger partial charge in [0, 0.05) is 29.8 Å². The first-order chi connectivity index (χ1) is 9.85. The fourth-order valence-electron chi connectivity index (χ4n) is 3.07. The summed E-state index contributed by atoms with van der Waals surface area (Å²) in [6, 6.07) is 5.25. The van der Waals surface area contributed by atoms with Crippen LogP contribution in [0, 0.1) is 5.82 Å². The molecule has 2 rings (SSSR count). The SMILES string of the molecule is CN(Cc1cccc(C(N)=S)c1F)CC1(N(C)C)CCC1. The largest absolute Gasteiger partial charge is 0.389 e. The third-order valence-corrected chi connectivity index (χ3v) is 4.80. The molecular weight excluding hydrogens is 285 g/mol. The van der Waals surface area contributed by atoms with Crippen molar-refractivity contribution in [3.8, 4) is 0 Å². The second-order valence-corrected chi connectivity index (χ2v) is 6.73. The number of hydrogen-bond acceptors (Lipinski definition) is 3. The van der Waals surface area contributed by atoms with Crippen LogP contribution in [0.3, 0.4) is 0 Å². The molecule has 0 saturated heterocycles. The summed E-state index contributed by atoms with van der Waals surface area (Å²) in [4.78, 5) is 4.59. The maximum atomic E-state index is 14.4. The van der Waals surface area contributed by atoms with Crippen LogP contribution in [0.5, 0.6) is 0 Å². The third-order valence-electron chi connectivity index (χ3n) is 4.58. The summed E-state index contributed by atoms with van der Waals surface area (Å²) in [7, 11) is 6.29. The fraction of sp³-hybridized carbons (Fsp3) is 0.562. The van der Waals surface area contributed by atoms with E-state index in [1.54, 1.807) is 12.1 Å². The van der Waals surface area contributed by atoms with E-state index in [1.807, 2.05) is 13.1 Å². The van der Waals surface area contributed by atoms with Crippen molar-refractivity contribution in [2.75, 3.05) is 27.7 Å². The van der Waals surface area contributed by atoms with Gasteiger partial charge in [0.05, 0.1) is 0 Å². The molecule has 1 saturated carbocycles. The lowest BCUT2D eigenvalue weighted by Gasteiger charge is -2.49. The Balaban J connectivity index is 2.08. The van der Waals surface area contributed by atoms with Crippen LogP contribution < -0.4 is 5.73 Å². The number of nitrogens with two attached hydrogens (primary N) is 1. The Hall–Kier alpha value is -1.04. The number of rotatable bonds is 6. The maximum Gasteiger partial charge on any atom is 0.137 e. The molecule has 0 heterocycles. The van der Waals surface area contributed by atoms with Crippen LogP contribution in [0.25, 0.3) is 0 Å². The Bertz CT molecular complexity index is 526. The molecule has 0 aliphatic heterocycles. The summed E-state index contributed by atoms with van der Waals surface area (Å²) in [6.07, 6.45) is 3.69. The standard InChI is InChI=1S/C16H24FN3S/c1-19(2)16(8-5-9-16)11-20(3)10-12-6-4-7-13(14(12)17)15(18)21/h4,6-7H,5,8-11H2,1-3H3,(H2,18,21). The van der Waals surface area contributed by atoms with Crippen molar-refractivity contribution < 1.29 is 4.39 Å². The Kier molecular flexibility index (Phi) is 4.96. The molecule has 0 unspecified atom stereocenters. The minimum atomic E-state index is -0.288. The third kappa shape index (κ3) is 3.42. The van der Waals surface area contributed by atoms with Crippen molar-refractivity contribution in [3.63, 3.8) is 0 Å². The molecule has 2 N–H and O–H groups in total. The Labute approximate surface area is 131 Å². The first kappa shape index (κ1) is 16.3. The fourth-order valence-corrected chi connectivity index (χ4v) is 3.23. The lowest BCUT2D eigenvalue weighted by molar-refractivity contribution is 0.0256. The van der Waals surface area contributed by atoms with Crippen molar-refractivity contribution in [2.45, 2.75) is 31.3 Å². The van der Waals surface area contributed by atoms with Gasteiger partial charge in [-0.1, -0.05) is 24.4 Å². The molecule has 0 radical (unpaired) electrons. The zero-order valence-corrected chi connectivity index (χ0v) is 13.8. The number of thiocarbonyl (C=S) groups is 1. The molecule has 0 aromatic heterocycles. The van der Waals surface area contributed by atoms with Crippen LogP contribution in [0.2, 0.25) is 0 Å². The Morgan fingerprint density at radius 2 is 2.00 bits per heavy atom. The van der Waals surface area contributed by atoms with Crippen LogP contribution >= 0.6 is 12.2 Å². The molecule has 1 aromatic rings. The lowest BCUT2D eigenvalue weighted by atomic mass is 9.75. The summed E-state index contributed by atoms with van der Waals surface area (Å²) < 4.78 is 14.4. The highest BCUT2D eigenvalue weighted by Crippen LogP contribution is 2.36. The van der Waals surface area contributed by atoms with E-state index in [2.05, 4.69) is 23.9 Å². The van der Waals surface area contributed by atoms with Gasteiger partial charge in [-0.05, 0) is 46.5 Å². The molecule has 0 bridgehead atoms. The number of benzene rings is 1.